The molecule has 5 aliphatic rings. The Morgan fingerprint density at radius 1 is 1.04 bits per heavy atom. The average Bonchev–Trinajstić information content (AvgIpc) is 3.40. The second-order valence-corrected chi connectivity index (χ2v) is 16.2. The lowest BCUT2D eigenvalue weighted by atomic mass is 10.0. The van der Waals surface area contributed by atoms with E-state index >= 15 is 0 Å². The first-order chi connectivity index (χ1) is 25.3. The van der Waals surface area contributed by atoms with Crippen molar-refractivity contribution >= 4 is 29.9 Å². The Bertz CT molecular complexity index is 1580. The van der Waals surface area contributed by atoms with Gasteiger partial charge in [-0.25, -0.2) is 14.0 Å². The van der Waals surface area contributed by atoms with E-state index < -0.39 is 59.1 Å². The van der Waals surface area contributed by atoms with Gasteiger partial charge in [-0.1, -0.05) is 43.5 Å². The van der Waals surface area contributed by atoms with Crippen molar-refractivity contribution in [1.82, 2.24) is 30.7 Å². The summed E-state index contributed by atoms with van der Waals surface area (Å²) in [6.45, 7) is 8.53. The number of carbonyl (C=O) groups is 5. The summed E-state index contributed by atoms with van der Waals surface area (Å²) in [4.78, 5) is 73.9. The minimum atomic E-state index is -1.17. The highest BCUT2D eigenvalue weighted by molar-refractivity contribution is 5.98. The van der Waals surface area contributed by atoms with Crippen molar-refractivity contribution in [3.05, 3.63) is 47.3 Å². The van der Waals surface area contributed by atoms with Crippen LogP contribution in [0.4, 0.5) is 14.0 Å². The number of hydrogen-bond acceptors (Lipinski definition) is 8. The molecule has 290 valence electrons. The van der Waals surface area contributed by atoms with Crippen molar-refractivity contribution in [3.8, 4) is 0 Å². The Morgan fingerprint density at radius 2 is 1.81 bits per heavy atom. The lowest BCUT2D eigenvalue weighted by Crippen LogP contribution is -2.58. The van der Waals surface area contributed by atoms with Crippen LogP contribution in [-0.2, 0) is 36.9 Å². The van der Waals surface area contributed by atoms with Crippen LogP contribution in [0.2, 0.25) is 0 Å². The summed E-state index contributed by atoms with van der Waals surface area (Å²) < 4.78 is 25.8. The van der Waals surface area contributed by atoms with E-state index in [0.717, 1.165) is 51.7 Å². The number of nitrogens with one attached hydrogen (secondary N) is 3. The van der Waals surface area contributed by atoms with Gasteiger partial charge in [0, 0.05) is 37.5 Å². The van der Waals surface area contributed by atoms with Gasteiger partial charge in [-0.05, 0) is 84.0 Å². The molecule has 0 radical (unpaired) electrons. The number of nitrogens with zero attached hydrogens (tertiary/aromatic N) is 3. The second-order valence-electron chi connectivity index (χ2n) is 16.2. The van der Waals surface area contributed by atoms with E-state index in [1.54, 1.807) is 32.9 Å². The highest BCUT2D eigenvalue weighted by Crippen LogP contribution is 2.45. The predicted molar refractivity (Wildman–Crippen MR) is 194 cm³/mol. The number of ether oxygens (including phenoxy) is 2. The van der Waals surface area contributed by atoms with Crippen molar-refractivity contribution in [2.75, 3.05) is 32.7 Å². The van der Waals surface area contributed by atoms with Crippen molar-refractivity contribution in [2.45, 2.75) is 127 Å². The molecule has 5 amide bonds. The quantitative estimate of drug-likeness (QED) is 0.369. The largest absolute Gasteiger partial charge is 0.444 e. The molecule has 3 N–H and O–H groups in total. The normalized spacial score (nSPS) is 28.7. The number of rotatable bonds is 6. The van der Waals surface area contributed by atoms with Gasteiger partial charge in [-0.15, -0.1) is 0 Å². The van der Waals surface area contributed by atoms with Crippen LogP contribution in [0, 0.1) is 11.7 Å². The van der Waals surface area contributed by atoms with E-state index in [0.29, 0.717) is 36.9 Å². The zero-order valence-electron chi connectivity index (χ0n) is 31.3. The minimum Gasteiger partial charge on any atom is -0.444 e. The fourth-order valence-corrected chi connectivity index (χ4v) is 8.01. The molecule has 3 fully saturated rings. The third kappa shape index (κ3) is 9.49. The molecule has 53 heavy (non-hydrogen) atoms. The Labute approximate surface area is 311 Å². The van der Waals surface area contributed by atoms with Gasteiger partial charge in [0.15, 0.2) is 0 Å². The topological polar surface area (TPSA) is 150 Å². The molecule has 4 heterocycles. The van der Waals surface area contributed by atoms with Gasteiger partial charge >= 0.3 is 12.2 Å². The Balaban J connectivity index is 1.21. The number of hydrogen-bond donors (Lipinski definition) is 3. The van der Waals surface area contributed by atoms with Crippen LogP contribution in [0.1, 0.15) is 96.1 Å². The Morgan fingerprint density at radius 3 is 2.57 bits per heavy atom. The van der Waals surface area contributed by atoms with Gasteiger partial charge in [0.1, 0.15) is 35.1 Å². The van der Waals surface area contributed by atoms with E-state index in [1.165, 1.54) is 22.3 Å². The van der Waals surface area contributed by atoms with E-state index in [-0.39, 0.29) is 37.9 Å². The molecule has 0 bridgehead atoms. The molecule has 0 aromatic heterocycles. The summed E-state index contributed by atoms with van der Waals surface area (Å²) in [5, 5.41) is 8.84. The van der Waals surface area contributed by atoms with E-state index in [1.807, 2.05) is 6.08 Å². The molecule has 2 saturated heterocycles. The standard InChI is InChI=1S/C39H55FN6O7/c1-38(2,3)53-36(50)42-31-16-9-6-4-5-8-14-27-22-39(27,35(49)41-17-20-44-18-10-7-11-19-44)43-33(47)32-21-28(24-46(32)34(31)48)52-37(51)45-23-26-13-12-15-30(40)29(26)25-45/h8,12-15,27-28,31-32H,4-7,9-11,16-25H2,1-3H3,(H,41,49)(H,42,50)(H,43,47)/b14-8-/t27-,28-,31+,32+,39-/m1/s1. The summed E-state index contributed by atoms with van der Waals surface area (Å²) in [6.07, 6.45) is 9.11. The second kappa shape index (κ2) is 16.4. The van der Waals surface area contributed by atoms with Crippen LogP contribution in [0.15, 0.2) is 30.4 Å². The maximum Gasteiger partial charge on any atom is 0.410 e. The molecule has 14 heteroatoms. The molecule has 6 rings (SSSR count). The molecular weight excluding hydrogens is 683 g/mol. The summed E-state index contributed by atoms with van der Waals surface area (Å²) in [5.41, 5.74) is -0.838. The third-order valence-corrected chi connectivity index (χ3v) is 10.9. The van der Waals surface area contributed by atoms with Crippen LogP contribution in [-0.4, -0.2) is 107 Å². The summed E-state index contributed by atoms with van der Waals surface area (Å²) in [6, 6.07) is 2.64. The van der Waals surface area contributed by atoms with Gasteiger partial charge in [0.2, 0.25) is 17.7 Å². The lowest BCUT2D eigenvalue weighted by Gasteiger charge is -2.30. The number of amides is 5. The first kappa shape index (κ1) is 38.5. The van der Waals surface area contributed by atoms with E-state index in [9.17, 15) is 28.4 Å². The van der Waals surface area contributed by atoms with Crippen molar-refractivity contribution in [2.24, 2.45) is 5.92 Å². The zero-order chi connectivity index (χ0) is 37.8. The van der Waals surface area contributed by atoms with Crippen molar-refractivity contribution < 1.29 is 37.8 Å². The smallest absolute Gasteiger partial charge is 0.410 e. The van der Waals surface area contributed by atoms with Gasteiger partial charge in [0.05, 0.1) is 13.1 Å². The maximum absolute atomic E-state index is 14.4. The molecule has 13 nitrogen and oxygen atoms in total. The number of carbonyl (C=O) groups excluding carboxylic acids is 5. The number of fused-ring (bicyclic) bond motifs is 3. The first-order valence-corrected chi connectivity index (χ1v) is 19.3. The Hall–Kier alpha value is -4.20. The number of alkyl carbamates (subject to hydrolysis) is 1. The summed E-state index contributed by atoms with van der Waals surface area (Å²) in [7, 11) is 0. The molecule has 1 aliphatic carbocycles. The zero-order valence-corrected chi connectivity index (χ0v) is 31.3. The monoisotopic (exact) mass is 738 g/mol. The molecule has 0 spiro atoms. The van der Waals surface area contributed by atoms with Crippen molar-refractivity contribution in [1.29, 1.82) is 0 Å². The number of allylic oxidation sites excluding steroid dienone is 1. The van der Waals surface area contributed by atoms with Gasteiger partial charge in [-0.2, -0.15) is 0 Å². The van der Waals surface area contributed by atoms with Gasteiger partial charge < -0.3 is 35.2 Å². The highest BCUT2D eigenvalue weighted by Gasteiger charge is 2.61. The average molecular weight is 739 g/mol. The SMILES string of the molecule is CC(C)(C)OC(=O)N[C@H]1CCCCC/C=C\[C@@H]2C[C@@]2(C(=O)NCCN2CCCCC2)NC(=O)[C@@H]2C[C@@H](OC(=O)N3Cc4cccc(F)c4C3)CN2C1=O. The number of benzene rings is 1. The summed E-state index contributed by atoms with van der Waals surface area (Å²) >= 11 is 0. The minimum absolute atomic E-state index is 0.00914. The molecule has 1 aromatic rings. The molecule has 4 aliphatic heterocycles. The molecule has 0 unspecified atom stereocenters. The van der Waals surface area contributed by atoms with Crippen LogP contribution in [0.3, 0.4) is 0 Å². The molecule has 5 atom stereocenters. The van der Waals surface area contributed by atoms with Crippen molar-refractivity contribution in [3.63, 3.8) is 0 Å². The predicted octanol–water partition coefficient (Wildman–Crippen LogP) is 4.14. The van der Waals surface area contributed by atoms with Crippen LogP contribution < -0.4 is 16.0 Å². The fourth-order valence-electron chi connectivity index (χ4n) is 8.01. The Kier molecular flexibility index (Phi) is 11.9. The first-order valence-electron chi connectivity index (χ1n) is 19.3. The number of likely N-dealkylation sites (tertiary alicyclic amines) is 1. The molecule has 1 saturated carbocycles. The maximum atomic E-state index is 14.4. The van der Waals surface area contributed by atoms with Crippen LogP contribution in [0.5, 0.6) is 0 Å². The van der Waals surface area contributed by atoms with Crippen LogP contribution in [0.25, 0.3) is 0 Å². The van der Waals surface area contributed by atoms with E-state index in [4.69, 9.17) is 9.47 Å². The van der Waals surface area contributed by atoms with Crippen LogP contribution >= 0.6 is 0 Å². The number of halogens is 1. The molecule has 1 aromatic carbocycles. The lowest BCUT2D eigenvalue weighted by molar-refractivity contribution is -0.141. The molecular formula is C39H55FN6O7. The van der Waals surface area contributed by atoms with E-state index in [2.05, 4.69) is 26.9 Å². The number of piperidine rings is 1. The van der Waals surface area contributed by atoms with Gasteiger partial charge in [-0.3, -0.25) is 19.3 Å². The summed E-state index contributed by atoms with van der Waals surface area (Å²) in [5.74, 6) is -1.88. The highest BCUT2D eigenvalue weighted by atomic mass is 19.1. The third-order valence-electron chi connectivity index (χ3n) is 10.9. The van der Waals surface area contributed by atoms with Gasteiger partial charge in [0.25, 0.3) is 0 Å². The fraction of sp³-hybridized carbons (Fsp3) is 0.667.